The van der Waals surface area contributed by atoms with Crippen molar-refractivity contribution >= 4 is 14.1 Å². The molecule has 1 rings (SSSR count). The van der Waals surface area contributed by atoms with E-state index >= 15 is 0 Å². The van der Waals surface area contributed by atoms with E-state index in [0.29, 0.717) is 5.56 Å². The Labute approximate surface area is 105 Å². The van der Waals surface area contributed by atoms with Crippen LogP contribution in [0.25, 0.3) is 0 Å². The van der Waals surface area contributed by atoms with Crippen LogP contribution in [-0.2, 0) is 11.7 Å². The predicted molar refractivity (Wildman–Crippen MR) is 66.6 cm³/mol. The van der Waals surface area contributed by atoms with Crippen LogP contribution in [0.3, 0.4) is 0 Å². The number of hydrogen-bond acceptors (Lipinski definition) is 0. The minimum absolute atomic E-state index is 0.458. The molecular weight excluding hydrogens is 240 g/mol. The molecule has 0 unspecified atom stereocenters. The molecule has 0 N–H and O–H groups in total. The lowest BCUT2D eigenvalue weighted by Gasteiger charge is -2.13. The summed E-state index contributed by atoms with van der Waals surface area (Å²) in [5.41, 5.74) is 1.37. The van der Waals surface area contributed by atoms with Gasteiger partial charge in [-0.05, 0) is 5.56 Å². The SMILES string of the molecule is C[CH2][Al]([CH2]C)[CH2]c1ccccc1CC(F)(F)F. The van der Waals surface area contributed by atoms with Gasteiger partial charge >= 0.3 is 6.18 Å². The van der Waals surface area contributed by atoms with Crippen LogP contribution in [0.5, 0.6) is 0 Å². The van der Waals surface area contributed by atoms with Crippen molar-refractivity contribution in [1.29, 1.82) is 0 Å². The van der Waals surface area contributed by atoms with E-state index in [2.05, 4.69) is 13.8 Å². The van der Waals surface area contributed by atoms with Gasteiger partial charge in [-0.1, -0.05) is 59.5 Å². The number of rotatable bonds is 5. The zero-order chi connectivity index (χ0) is 12.9. The molecule has 0 saturated heterocycles. The third kappa shape index (κ3) is 5.14. The number of benzene rings is 1. The fourth-order valence-electron chi connectivity index (χ4n) is 2.03. The quantitative estimate of drug-likeness (QED) is 0.686. The Kier molecular flexibility index (Phi) is 5.56. The van der Waals surface area contributed by atoms with E-state index < -0.39 is 26.7 Å². The molecule has 1 aromatic rings. The molecule has 0 aliphatic carbocycles. The Bertz CT molecular complexity index is 343. The zero-order valence-electron chi connectivity index (χ0n) is 10.3. The summed E-state index contributed by atoms with van der Waals surface area (Å²) in [6, 6.07) is 7.00. The van der Waals surface area contributed by atoms with E-state index in [9.17, 15) is 13.2 Å². The van der Waals surface area contributed by atoms with Crippen molar-refractivity contribution in [1.82, 2.24) is 0 Å². The van der Waals surface area contributed by atoms with Crippen LogP contribution in [0.15, 0.2) is 24.3 Å². The van der Waals surface area contributed by atoms with Crippen molar-refractivity contribution in [3.63, 3.8) is 0 Å². The number of hydrogen-bond donors (Lipinski definition) is 0. The molecule has 94 valence electrons. The van der Waals surface area contributed by atoms with E-state index in [0.717, 1.165) is 21.4 Å². The van der Waals surface area contributed by atoms with Crippen LogP contribution >= 0.6 is 0 Å². The van der Waals surface area contributed by atoms with Crippen LogP contribution in [0.1, 0.15) is 25.0 Å². The van der Waals surface area contributed by atoms with Crippen LogP contribution in [-0.4, -0.2) is 20.3 Å². The predicted octanol–water partition coefficient (Wildman–Crippen LogP) is 4.41. The van der Waals surface area contributed by atoms with E-state index in [1.54, 1.807) is 12.1 Å². The molecular formula is C13H18AlF3. The summed E-state index contributed by atoms with van der Waals surface area (Å²) in [6.07, 6.45) is -4.90. The number of alkyl halides is 3. The molecule has 0 saturated carbocycles. The number of halogens is 3. The molecule has 0 radical (unpaired) electrons. The molecule has 0 fully saturated rings. The molecule has 4 heteroatoms. The molecule has 0 heterocycles. The van der Waals surface area contributed by atoms with Gasteiger partial charge in [-0.15, -0.1) is 0 Å². The lowest BCUT2D eigenvalue weighted by molar-refractivity contribution is -0.127. The largest absolute Gasteiger partial charge is 0.393 e. The highest BCUT2D eigenvalue weighted by molar-refractivity contribution is 6.58. The second-order valence-corrected chi connectivity index (χ2v) is 8.22. The summed E-state index contributed by atoms with van der Waals surface area (Å²) in [4.78, 5) is 0. The first-order valence-electron chi connectivity index (χ1n) is 6.09. The maximum atomic E-state index is 12.4. The van der Waals surface area contributed by atoms with Crippen molar-refractivity contribution in [2.24, 2.45) is 0 Å². The lowest BCUT2D eigenvalue weighted by atomic mass is 10.1. The van der Waals surface area contributed by atoms with E-state index in [4.69, 9.17) is 0 Å². The Morgan fingerprint density at radius 2 is 1.53 bits per heavy atom. The monoisotopic (exact) mass is 258 g/mol. The fraction of sp³-hybridized carbons (Fsp3) is 0.538. The summed E-state index contributed by atoms with van der Waals surface area (Å²) >= 11 is -0.882. The average Bonchev–Trinajstić information content (AvgIpc) is 2.26. The molecule has 0 nitrogen and oxygen atoms in total. The highest BCUT2D eigenvalue weighted by Crippen LogP contribution is 2.24. The summed E-state index contributed by atoms with van der Waals surface area (Å²) in [5, 5.41) is 3.19. The van der Waals surface area contributed by atoms with Gasteiger partial charge in [0.25, 0.3) is 14.1 Å². The minimum Gasteiger partial charge on any atom is -0.171 e. The van der Waals surface area contributed by atoms with Crippen molar-refractivity contribution in [3.8, 4) is 0 Å². The van der Waals surface area contributed by atoms with Crippen LogP contribution in [0, 0.1) is 0 Å². The first-order valence-corrected chi connectivity index (χ1v) is 8.54. The third-order valence-corrected chi connectivity index (χ3v) is 6.50. The fourth-order valence-corrected chi connectivity index (χ4v) is 4.21. The zero-order valence-corrected chi connectivity index (χ0v) is 11.5. The van der Waals surface area contributed by atoms with Gasteiger partial charge in [0.1, 0.15) is 0 Å². The van der Waals surface area contributed by atoms with Gasteiger partial charge in [-0.3, -0.25) is 0 Å². The van der Waals surface area contributed by atoms with Gasteiger partial charge in [-0.2, -0.15) is 13.2 Å². The Balaban J connectivity index is 2.84. The minimum atomic E-state index is -4.11. The lowest BCUT2D eigenvalue weighted by Crippen LogP contribution is -2.18. The summed E-state index contributed by atoms with van der Waals surface area (Å²) in [6.45, 7) is 4.29. The van der Waals surface area contributed by atoms with Gasteiger partial charge in [0, 0.05) is 0 Å². The van der Waals surface area contributed by atoms with Crippen LogP contribution in [0.4, 0.5) is 13.2 Å². The van der Waals surface area contributed by atoms with Gasteiger partial charge in [-0.25, -0.2) is 0 Å². The van der Waals surface area contributed by atoms with Crippen LogP contribution in [0.2, 0.25) is 10.6 Å². The molecule has 0 aliphatic rings. The van der Waals surface area contributed by atoms with E-state index in [-0.39, 0.29) is 0 Å². The normalized spacial score (nSPS) is 11.6. The first kappa shape index (κ1) is 14.6. The molecule has 0 amide bonds. The molecule has 0 bridgehead atoms. The van der Waals surface area contributed by atoms with Crippen molar-refractivity contribution in [3.05, 3.63) is 35.4 Å². The van der Waals surface area contributed by atoms with Gasteiger partial charge in [0.05, 0.1) is 6.42 Å². The highest BCUT2D eigenvalue weighted by atomic mass is 27.2. The summed E-state index contributed by atoms with van der Waals surface area (Å²) < 4.78 is 37.3. The highest BCUT2D eigenvalue weighted by Gasteiger charge is 2.29. The Morgan fingerprint density at radius 3 is 2.00 bits per heavy atom. The maximum Gasteiger partial charge on any atom is 0.393 e. The van der Waals surface area contributed by atoms with Crippen molar-refractivity contribution in [2.75, 3.05) is 0 Å². The van der Waals surface area contributed by atoms with Crippen molar-refractivity contribution < 1.29 is 13.2 Å². The van der Waals surface area contributed by atoms with E-state index in [1.165, 1.54) is 0 Å². The average molecular weight is 258 g/mol. The maximum absolute atomic E-state index is 12.4. The Morgan fingerprint density at radius 1 is 1.00 bits per heavy atom. The molecule has 0 spiro atoms. The second kappa shape index (κ2) is 6.47. The van der Waals surface area contributed by atoms with E-state index in [1.807, 2.05) is 12.1 Å². The molecule has 0 aromatic heterocycles. The molecule has 17 heavy (non-hydrogen) atoms. The van der Waals surface area contributed by atoms with Gasteiger partial charge in [0.2, 0.25) is 0 Å². The molecule has 1 aromatic carbocycles. The smallest absolute Gasteiger partial charge is 0.171 e. The Hall–Kier alpha value is -0.458. The van der Waals surface area contributed by atoms with Gasteiger partial charge < -0.3 is 0 Å². The summed E-state index contributed by atoms with van der Waals surface area (Å²) in [7, 11) is 0. The standard InChI is InChI=1S/C9H8F3.2C2H5.Al/c1-7-4-2-3-5-8(7)6-9(10,11)12;2*1-2;/h2-5H,1,6H2;2*1H2,2H3;. The summed E-state index contributed by atoms with van der Waals surface area (Å²) in [5.74, 6) is 0. The van der Waals surface area contributed by atoms with Crippen molar-refractivity contribution in [2.45, 2.75) is 42.3 Å². The third-order valence-electron chi connectivity index (χ3n) is 3.17. The topological polar surface area (TPSA) is 0 Å². The van der Waals surface area contributed by atoms with Crippen LogP contribution < -0.4 is 0 Å². The second-order valence-electron chi connectivity index (χ2n) is 4.45. The molecule has 0 atom stereocenters. The first-order chi connectivity index (χ1) is 7.96. The molecule has 0 aliphatic heterocycles. The van der Waals surface area contributed by atoms with Gasteiger partial charge in [0.15, 0.2) is 0 Å².